The summed E-state index contributed by atoms with van der Waals surface area (Å²) in [6.45, 7) is 2.83. The summed E-state index contributed by atoms with van der Waals surface area (Å²) in [5.74, 6) is 0. The molecule has 0 bridgehead atoms. The second-order valence-electron chi connectivity index (χ2n) is 5.73. The van der Waals surface area contributed by atoms with Gasteiger partial charge in [-0.2, -0.15) is 5.26 Å². The number of nitrogens with zero attached hydrogens (tertiary/aromatic N) is 2. The van der Waals surface area contributed by atoms with Crippen LogP contribution in [0.4, 0.5) is 0 Å². The van der Waals surface area contributed by atoms with Crippen LogP contribution in [0, 0.1) is 11.3 Å². The Morgan fingerprint density at radius 1 is 1.05 bits per heavy atom. The summed E-state index contributed by atoms with van der Waals surface area (Å²) in [6, 6.07) is 24.1. The van der Waals surface area contributed by atoms with Crippen molar-refractivity contribution in [2.45, 2.75) is 18.5 Å². The number of nitrogens with one attached hydrogen (secondary N) is 1. The molecule has 0 spiro atoms. The largest absolute Gasteiger partial charge is 0.310 e. The van der Waals surface area contributed by atoms with Gasteiger partial charge in [-0.05, 0) is 11.1 Å². The van der Waals surface area contributed by atoms with Crippen LogP contribution in [-0.2, 0) is 0 Å². The van der Waals surface area contributed by atoms with Gasteiger partial charge in [-0.3, -0.25) is 4.90 Å². The first-order chi connectivity index (χ1) is 10.9. The van der Waals surface area contributed by atoms with E-state index in [2.05, 4.69) is 76.9 Å². The third-order valence-corrected chi connectivity index (χ3v) is 4.22. The van der Waals surface area contributed by atoms with E-state index in [0.29, 0.717) is 6.42 Å². The van der Waals surface area contributed by atoms with Crippen molar-refractivity contribution in [3.05, 3.63) is 71.8 Å². The topological polar surface area (TPSA) is 39.1 Å². The van der Waals surface area contributed by atoms with Crippen molar-refractivity contribution in [1.29, 1.82) is 5.26 Å². The molecule has 0 amide bonds. The number of piperazine rings is 1. The summed E-state index contributed by atoms with van der Waals surface area (Å²) in [6.07, 6.45) is 0.562. The Hall–Kier alpha value is -2.15. The summed E-state index contributed by atoms with van der Waals surface area (Å²) >= 11 is 0. The minimum Gasteiger partial charge on any atom is -0.310 e. The molecule has 112 valence electrons. The highest BCUT2D eigenvalue weighted by atomic mass is 15.2. The fourth-order valence-corrected chi connectivity index (χ4v) is 3.22. The lowest BCUT2D eigenvalue weighted by molar-refractivity contribution is 0.165. The first kappa shape index (κ1) is 14.8. The molecular weight excluding hydrogens is 270 g/mol. The normalized spacial score (nSPS) is 19.0. The molecule has 2 aromatic carbocycles. The highest BCUT2D eigenvalue weighted by Gasteiger charge is 2.27. The predicted octanol–water partition coefficient (Wildman–Crippen LogP) is 2.96. The maximum absolute atomic E-state index is 8.97. The van der Waals surface area contributed by atoms with Crippen molar-refractivity contribution >= 4 is 0 Å². The van der Waals surface area contributed by atoms with Gasteiger partial charge in [0.15, 0.2) is 0 Å². The summed E-state index contributed by atoms with van der Waals surface area (Å²) in [4.78, 5) is 2.49. The average Bonchev–Trinajstić information content (AvgIpc) is 2.58. The van der Waals surface area contributed by atoms with E-state index in [1.165, 1.54) is 11.1 Å². The summed E-state index contributed by atoms with van der Waals surface area (Å²) in [5.41, 5.74) is 2.62. The van der Waals surface area contributed by atoms with Crippen LogP contribution >= 0.6 is 0 Å². The Kier molecular flexibility index (Phi) is 4.85. The van der Waals surface area contributed by atoms with Crippen LogP contribution in [0.5, 0.6) is 0 Å². The smallest absolute Gasteiger partial charge is 0.0638 e. The first-order valence-electron chi connectivity index (χ1n) is 7.83. The fourth-order valence-electron chi connectivity index (χ4n) is 3.22. The maximum Gasteiger partial charge on any atom is 0.0638 e. The van der Waals surface area contributed by atoms with Gasteiger partial charge >= 0.3 is 0 Å². The molecule has 1 atom stereocenters. The van der Waals surface area contributed by atoms with Crippen LogP contribution in [0.15, 0.2) is 60.7 Å². The molecule has 1 aliphatic rings. The van der Waals surface area contributed by atoms with E-state index in [1.807, 2.05) is 0 Å². The van der Waals surface area contributed by atoms with Crippen molar-refractivity contribution in [1.82, 2.24) is 10.2 Å². The summed E-state index contributed by atoms with van der Waals surface area (Å²) in [5, 5.41) is 12.4. The third-order valence-electron chi connectivity index (χ3n) is 4.22. The Labute approximate surface area is 132 Å². The van der Waals surface area contributed by atoms with E-state index in [9.17, 15) is 0 Å². The minimum atomic E-state index is 0.255. The second kappa shape index (κ2) is 7.22. The molecule has 3 nitrogen and oxygen atoms in total. The van der Waals surface area contributed by atoms with Gasteiger partial charge < -0.3 is 5.32 Å². The van der Waals surface area contributed by atoms with Gasteiger partial charge in [0.1, 0.15) is 0 Å². The number of rotatable bonds is 4. The zero-order valence-corrected chi connectivity index (χ0v) is 12.7. The molecule has 1 saturated heterocycles. The predicted molar refractivity (Wildman–Crippen MR) is 88.3 cm³/mol. The van der Waals surface area contributed by atoms with Gasteiger partial charge in [0.25, 0.3) is 0 Å². The lowest BCUT2D eigenvalue weighted by Crippen LogP contribution is -2.51. The minimum absolute atomic E-state index is 0.255. The average molecular weight is 291 g/mol. The molecule has 3 heteroatoms. The van der Waals surface area contributed by atoms with Crippen LogP contribution in [0.1, 0.15) is 23.6 Å². The Balaban J connectivity index is 1.91. The highest BCUT2D eigenvalue weighted by molar-refractivity contribution is 5.32. The van der Waals surface area contributed by atoms with Gasteiger partial charge in [0, 0.05) is 25.7 Å². The third kappa shape index (κ3) is 3.36. The van der Waals surface area contributed by atoms with Crippen LogP contribution in [0.2, 0.25) is 0 Å². The molecule has 0 aliphatic carbocycles. The lowest BCUT2D eigenvalue weighted by atomic mass is 9.95. The quantitative estimate of drug-likeness (QED) is 0.941. The maximum atomic E-state index is 8.97. The van der Waals surface area contributed by atoms with Crippen molar-refractivity contribution < 1.29 is 0 Å². The zero-order chi connectivity index (χ0) is 15.2. The molecule has 0 aromatic heterocycles. The summed E-state index contributed by atoms with van der Waals surface area (Å²) < 4.78 is 0. The van der Waals surface area contributed by atoms with Crippen molar-refractivity contribution in [3.63, 3.8) is 0 Å². The SMILES string of the molecule is N#CCC1CN(C(c2ccccc2)c2ccccc2)CCN1. The van der Waals surface area contributed by atoms with Gasteiger partial charge in [-0.25, -0.2) is 0 Å². The lowest BCUT2D eigenvalue weighted by Gasteiger charge is -2.39. The zero-order valence-electron chi connectivity index (χ0n) is 12.7. The van der Waals surface area contributed by atoms with Gasteiger partial charge in [0.05, 0.1) is 18.5 Å². The molecule has 3 rings (SSSR count). The Morgan fingerprint density at radius 2 is 1.64 bits per heavy atom. The van der Waals surface area contributed by atoms with Crippen LogP contribution in [0.3, 0.4) is 0 Å². The Bertz CT molecular complexity index is 579. The van der Waals surface area contributed by atoms with Crippen LogP contribution in [-0.4, -0.2) is 30.6 Å². The molecule has 1 fully saturated rings. The molecular formula is C19H21N3. The van der Waals surface area contributed by atoms with Crippen LogP contribution in [0.25, 0.3) is 0 Å². The number of nitriles is 1. The Morgan fingerprint density at radius 3 is 2.18 bits per heavy atom. The van der Waals surface area contributed by atoms with E-state index in [-0.39, 0.29) is 12.1 Å². The number of benzene rings is 2. The van der Waals surface area contributed by atoms with Crippen LogP contribution < -0.4 is 5.32 Å². The van der Waals surface area contributed by atoms with Crippen molar-refractivity contribution in [2.75, 3.05) is 19.6 Å². The molecule has 2 aromatic rings. The monoisotopic (exact) mass is 291 g/mol. The molecule has 1 heterocycles. The highest BCUT2D eigenvalue weighted by Crippen LogP contribution is 2.29. The molecule has 22 heavy (non-hydrogen) atoms. The summed E-state index contributed by atoms with van der Waals surface area (Å²) in [7, 11) is 0. The van der Waals surface area contributed by atoms with Gasteiger partial charge in [-0.1, -0.05) is 60.7 Å². The number of hydrogen-bond acceptors (Lipinski definition) is 3. The molecule has 1 unspecified atom stereocenters. The fraction of sp³-hybridized carbons (Fsp3) is 0.316. The standard InChI is InChI=1S/C19H21N3/c20-12-11-18-15-22(14-13-21-18)19(16-7-3-1-4-8-16)17-9-5-2-6-10-17/h1-10,18-19,21H,11,13-15H2. The molecule has 1 N–H and O–H groups in total. The number of hydrogen-bond donors (Lipinski definition) is 1. The van der Waals surface area contributed by atoms with E-state index < -0.39 is 0 Å². The molecule has 0 saturated carbocycles. The van der Waals surface area contributed by atoms with E-state index in [4.69, 9.17) is 5.26 Å². The van der Waals surface area contributed by atoms with E-state index in [1.54, 1.807) is 0 Å². The second-order valence-corrected chi connectivity index (χ2v) is 5.73. The van der Waals surface area contributed by atoms with Gasteiger partial charge in [0.2, 0.25) is 0 Å². The first-order valence-corrected chi connectivity index (χ1v) is 7.83. The van der Waals surface area contributed by atoms with Gasteiger partial charge in [-0.15, -0.1) is 0 Å². The molecule has 0 radical (unpaired) electrons. The van der Waals surface area contributed by atoms with Crippen molar-refractivity contribution in [2.24, 2.45) is 0 Å². The van der Waals surface area contributed by atoms with E-state index >= 15 is 0 Å². The van der Waals surface area contributed by atoms with Crippen molar-refractivity contribution in [3.8, 4) is 6.07 Å². The van der Waals surface area contributed by atoms with E-state index in [0.717, 1.165) is 19.6 Å². The molecule has 1 aliphatic heterocycles.